The van der Waals surface area contributed by atoms with E-state index < -0.39 is 0 Å². The second-order valence-electron chi connectivity index (χ2n) is 4.78. The summed E-state index contributed by atoms with van der Waals surface area (Å²) in [6, 6.07) is 12.4. The molecule has 3 heterocycles. The van der Waals surface area contributed by atoms with Gasteiger partial charge in [0, 0.05) is 42.5 Å². The van der Waals surface area contributed by atoms with E-state index in [1.165, 1.54) is 16.7 Å². The lowest BCUT2D eigenvalue weighted by atomic mass is 10.1. The third kappa shape index (κ3) is 3.26. The summed E-state index contributed by atoms with van der Waals surface area (Å²) in [5, 5.41) is 0. The van der Waals surface area contributed by atoms with E-state index in [0.717, 1.165) is 13.0 Å². The number of nitrogens with zero attached hydrogens (tertiary/aromatic N) is 3. The first-order chi connectivity index (χ1) is 9.90. The van der Waals surface area contributed by atoms with Crippen LogP contribution in [0.5, 0.6) is 0 Å². The third-order valence-corrected chi connectivity index (χ3v) is 3.18. The van der Waals surface area contributed by atoms with Crippen LogP contribution >= 0.6 is 0 Å². The van der Waals surface area contributed by atoms with Gasteiger partial charge < -0.3 is 0 Å². The minimum Gasteiger partial charge on any atom is -0.264 e. The van der Waals surface area contributed by atoms with Gasteiger partial charge in [-0.25, -0.2) is 4.57 Å². The SMILES string of the molecule is c1cncc(Cc2cc[n+](Cc3cccnc3)cc2)c1. The number of pyridine rings is 3. The quantitative estimate of drug-likeness (QED) is 0.676. The fourth-order valence-electron chi connectivity index (χ4n) is 2.15. The monoisotopic (exact) mass is 262 g/mol. The summed E-state index contributed by atoms with van der Waals surface area (Å²) < 4.78 is 2.16. The minimum absolute atomic E-state index is 0.848. The van der Waals surface area contributed by atoms with Gasteiger partial charge in [-0.1, -0.05) is 6.07 Å². The van der Waals surface area contributed by atoms with Crippen molar-refractivity contribution in [2.75, 3.05) is 0 Å². The Morgan fingerprint density at radius 3 is 2.00 bits per heavy atom. The van der Waals surface area contributed by atoms with Crippen molar-refractivity contribution in [3.05, 3.63) is 90.3 Å². The van der Waals surface area contributed by atoms with Crippen molar-refractivity contribution < 1.29 is 4.57 Å². The standard InChI is InChI=1S/C17H16N3/c1-3-16(12-18-7-1)11-15-5-9-20(10-6-15)14-17-4-2-8-19-13-17/h1-10,12-13H,11,14H2/q+1. The van der Waals surface area contributed by atoms with Crippen LogP contribution in [0.25, 0.3) is 0 Å². The molecule has 0 bridgehead atoms. The Kier molecular flexibility index (Phi) is 3.78. The predicted molar refractivity (Wildman–Crippen MR) is 77.0 cm³/mol. The largest absolute Gasteiger partial charge is 0.264 e. The van der Waals surface area contributed by atoms with Gasteiger partial charge in [-0.2, -0.15) is 0 Å². The van der Waals surface area contributed by atoms with Gasteiger partial charge in [0.05, 0.1) is 0 Å². The average Bonchev–Trinajstić information content (AvgIpc) is 2.51. The molecule has 0 spiro atoms. The minimum atomic E-state index is 0.848. The van der Waals surface area contributed by atoms with Crippen LogP contribution in [0.4, 0.5) is 0 Å². The second-order valence-corrected chi connectivity index (χ2v) is 4.78. The molecule has 0 saturated carbocycles. The number of hydrogen-bond acceptors (Lipinski definition) is 2. The lowest BCUT2D eigenvalue weighted by molar-refractivity contribution is -0.688. The Morgan fingerprint density at radius 2 is 1.40 bits per heavy atom. The summed E-state index contributed by atoms with van der Waals surface area (Å²) in [7, 11) is 0. The zero-order chi connectivity index (χ0) is 13.6. The molecule has 3 aromatic rings. The van der Waals surface area contributed by atoms with Crippen LogP contribution < -0.4 is 4.57 Å². The van der Waals surface area contributed by atoms with Gasteiger partial charge in [0.1, 0.15) is 0 Å². The molecule has 0 atom stereocenters. The smallest absolute Gasteiger partial charge is 0.175 e. The van der Waals surface area contributed by atoms with Crippen LogP contribution in [0.3, 0.4) is 0 Å². The van der Waals surface area contributed by atoms with Crippen LogP contribution in [0.1, 0.15) is 16.7 Å². The van der Waals surface area contributed by atoms with Crippen LogP contribution in [0, 0.1) is 0 Å². The molecule has 0 saturated heterocycles. The maximum absolute atomic E-state index is 4.14. The third-order valence-electron chi connectivity index (χ3n) is 3.18. The second kappa shape index (κ2) is 6.06. The van der Waals surface area contributed by atoms with Gasteiger partial charge in [-0.15, -0.1) is 0 Å². The van der Waals surface area contributed by atoms with E-state index in [1.807, 2.05) is 24.5 Å². The number of hydrogen-bond donors (Lipinski definition) is 0. The highest BCUT2D eigenvalue weighted by molar-refractivity contribution is 5.20. The topological polar surface area (TPSA) is 29.7 Å². The molecule has 0 amide bonds. The number of aromatic nitrogens is 3. The Balaban J connectivity index is 1.69. The molecule has 0 N–H and O–H groups in total. The van der Waals surface area contributed by atoms with E-state index in [4.69, 9.17) is 0 Å². The summed E-state index contributed by atoms with van der Waals surface area (Å²) in [4.78, 5) is 8.28. The molecule has 0 aliphatic rings. The molecule has 20 heavy (non-hydrogen) atoms. The van der Waals surface area contributed by atoms with E-state index in [0.29, 0.717) is 0 Å². The van der Waals surface area contributed by atoms with Crippen LogP contribution in [-0.2, 0) is 13.0 Å². The summed E-state index contributed by atoms with van der Waals surface area (Å²) in [6.07, 6.45) is 12.5. The summed E-state index contributed by atoms with van der Waals surface area (Å²) >= 11 is 0. The Labute approximate surface area is 118 Å². The van der Waals surface area contributed by atoms with Crippen LogP contribution in [-0.4, -0.2) is 9.97 Å². The zero-order valence-corrected chi connectivity index (χ0v) is 11.2. The molecule has 3 heteroatoms. The van der Waals surface area contributed by atoms with E-state index >= 15 is 0 Å². The Bertz CT molecular complexity index is 588. The highest BCUT2D eigenvalue weighted by Gasteiger charge is 2.03. The van der Waals surface area contributed by atoms with Crippen molar-refractivity contribution in [2.45, 2.75) is 13.0 Å². The maximum atomic E-state index is 4.14. The van der Waals surface area contributed by atoms with Gasteiger partial charge in [0.25, 0.3) is 0 Å². The normalized spacial score (nSPS) is 10.4. The Hall–Kier alpha value is -2.55. The van der Waals surface area contributed by atoms with Crippen LogP contribution in [0.2, 0.25) is 0 Å². The average molecular weight is 262 g/mol. The summed E-state index contributed by atoms with van der Waals surface area (Å²) in [5.74, 6) is 0. The van der Waals surface area contributed by atoms with Gasteiger partial charge in [-0.05, 0) is 35.7 Å². The molecule has 3 rings (SSSR count). The maximum Gasteiger partial charge on any atom is 0.175 e. The highest BCUT2D eigenvalue weighted by Crippen LogP contribution is 2.06. The highest BCUT2D eigenvalue weighted by atomic mass is 14.9. The fraction of sp³-hybridized carbons (Fsp3) is 0.118. The fourth-order valence-corrected chi connectivity index (χ4v) is 2.15. The first kappa shape index (κ1) is 12.5. The lowest BCUT2D eigenvalue weighted by Gasteiger charge is -2.01. The molecular formula is C17H16N3+. The number of rotatable bonds is 4. The summed E-state index contributed by atoms with van der Waals surface area (Å²) in [6.45, 7) is 0.848. The molecular weight excluding hydrogens is 246 g/mol. The first-order valence-corrected chi connectivity index (χ1v) is 6.66. The van der Waals surface area contributed by atoms with E-state index in [2.05, 4.69) is 51.2 Å². The molecule has 0 aliphatic heterocycles. The molecule has 0 fully saturated rings. The molecule has 3 nitrogen and oxygen atoms in total. The zero-order valence-electron chi connectivity index (χ0n) is 11.2. The van der Waals surface area contributed by atoms with Gasteiger partial charge in [0.2, 0.25) is 0 Å². The van der Waals surface area contributed by atoms with Crippen molar-refractivity contribution in [2.24, 2.45) is 0 Å². The van der Waals surface area contributed by atoms with E-state index in [9.17, 15) is 0 Å². The molecule has 0 aliphatic carbocycles. The van der Waals surface area contributed by atoms with Crippen molar-refractivity contribution in [3.63, 3.8) is 0 Å². The van der Waals surface area contributed by atoms with Gasteiger partial charge in [0.15, 0.2) is 18.9 Å². The van der Waals surface area contributed by atoms with Crippen LogP contribution in [0.15, 0.2) is 73.6 Å². The van der Waals surface area contributed by atoms with Crippen molar-refractivity contribution in [1.82, 2.24) is 9.97 Å². The molecule has 0 radical (unpaired) electrons. The predicted octanol–water partition coefficient (Wildman–Crippen LogP) is 2.40. The van der Waals surface area contributed by atoms with E-state index in [1.54, 1.807) is 12.4 Å². The van der Waals surface area contributed by atoms with Crippen molar-refractivity contribution in [3.8, 4) is 0 Å². The van der Waals surface area contributed by atoms with E-state index in [-0.39, 0.29) is 0 Å². The first-order valence-electron chi connectivity index (χ1n) is 6.66. The van der Waals surface area contributed by atoms with Gasteiger partial charge in [-0.3, -0.25) is 9.97 Å². The molecule has 3 aromatic heterocycles. The Morgan fingerprint density at radius 1 is 0.750 bits per heavy atom. The van der Waals surface area contributed by atoms with Crippen molar-refractivity contribution >= 4 is 0 Å². The lowest BCUT2D eigenvalue weighted by Crippen LogP contribution is -2.33. The van der Waals surface area contributed by atoms with Crippen molar-refractivity contribution in [1.29, 1.82) is 0 Å². The molecule has 98 valence electrons. The molecule has 0 aromatic carbocycles. The van der Waals surface area contributed by atoms with Gasteiger partial charge >= 0.3 is 0 Å². The molecule has 0 unspecified atom stereocenters. The summed E-state index contributed by atoms with van der Waals surface area (Å²) in [5.41, 5.74) is 3.73.